The number of hydrogen-bond donors (Lipinski definition) is 1. The predicted molar refractivity (Wildman–Crippen MR) is 82.6 cm³/mol. The maximum atomic E-state index is 6.00. The van der Waals surface area contributed by atoms with Crippen molar-refractivity contribution in [2.24, 2.45) is 0 Å². The van der Waals surface area contributed by atoms with Crippen molar-refractivity contribution < 1.29 is 0 Å². The van der Waals surface area contributed by atoms with Gasteiger partial charge in [0, 0.05) is 36.2 Å². The molecule has 2 nitrogen and oxygen atoms in total. The molecule has 1 aromatic rings. The number of piperidine rings is 1. The highest BCUT2D eigenvalue weighted by atomic mass is 35.5. The Kier molecular flexibility index (Phi) is 4.88. The minimum atomic E-state index is 0.303. The Morgan fingerprint density at radius 3 is 2.53 bits per heavy atom. The van der Waals surface area contributed by atoms with Gasteiger partial charge >= 0.3 is 0 Å². The molecule has 0 amide bonds. The Morgan fingerprint density at radius 1 is 1.26 bits per heavy atom. The van der Waals surface area contributed by atoms with E-state index in [1.165, 1.54) is 31.5 Å². The summed E-state index contributed by atoms with van der Waals surface area (Å²) in [5.74, 6) is 0. The highest BCUT2D eigenvalue weighted by Crippen LogP contribution is 2.20. The zero-order valence-corrected chi connectivity index (χ0v) is 13.0. The topological polar surface area (TPSA) is 15.3 Å². The van der Waals surface area contributed by atoms with Crippen LogP contribution in [-0.2, 0) is 6.54 Å². The fourth-order valence-corrected chi connectivity index (χ4v) is 2.88. The molecule has 0 aliphatic carbocycles. The van der Waals surface area contributed by atoms with Crippen LogP contribution in [0.4, 0.5) is 0 Å². The summed E-state index contributed by atoms with van der Waals surface area (Å²) < 4.78 is 0. The van der Waals surface area contributed by atoms with E-state index in [4.69, 9.17) is 11.6 Å². The van der Waals surface area contributed by atoms with Gasteiger partial charge in [-0.05, 0) is 51.3 Å². The Hall–Kier alpha value is -0.570. The molecule has 3 heteroatoms. The molecule has 1 aliphatic rings. The van der Waals surface area contributed by atoms with Crippen LogP contribution in [-0.4, -0.2) is 29.6 Å². The zero-order valence-electron chi connectivity index (χ0n) is 12.2. The Bertz CT molecular complexity index is 403. The SMILES string of the molecule is CC(C)(C)N1CCC(NCc2cccc(Cl)c2)CC1. The second-order valence-electron chi connectivity index (χ2n) is 6.44. The van der Waals surface area contributed by atoms with E-state index in [1.54, 1.807) is 0 Å². The Balaban J connectivity index is 1.77. The Labute approximate surface area is 122 Å². The highest BCUT2D eigenvalue weighted by Gasteiger charge is 2.26. The third kappa shape index (κ3) is 4.48. The summed E-state index contributed by atoms with van der Waals surface area (Å²) in [4.78, 5) is 2.57. The number of nitrogens with one attached hydrogen (secondary N) is 1. The van der Waals surface area contributed by atoms with Crippen molar-refractivity contribution in [1.82, 2.24) is 10.2 Å². The summed E-state index contributed by atoms with van der Waals surface area (Å²) >= 11 is 6.00. The number of rotatable bonds is 3. The van der Waals surface area contributed by atoms with E-state index in [9.17, 15) is 0 Å². The minimum Gasteiger partial charge on any atom is -0.310 e. The van der Waals surface area contributed by atoms with Crippen LogP contribution in [0.15, 0.2) is 24.3 Å². The fourth-order valence-electron chi connectivity index (χ4n) is 2.66. The van der Waals surface area contributed by atoms with Gasteiger partial charge in [0.05, 0.1) is 0 Å². The van der Waals surface area contributed by atoms with Gasteiger partial charge < -0.3 is 5.32 Å². The standard InChI is InChI=1S/C16H25ClN2/c1-16(2,3)19-9-7-15(8-10-19)18-12-13-5-4-6-14(17)11-13/h4-6,11,15,18H,7-10,12H2,1-3H3. The van der Waals surface area contributed by atoms with Gasteiger partial charge in [0.1, 0.15) is 0 Å². The molecule has 1 N–H and O–H groups in total. The molecule has 0 radical (unpaired) electrons. The lowest BCUT2D eigenvalue weighted by atomic mass is 9.98. The van der Waals surface area contributed by atoms with Crippen LogP contribution in [0.25, 0.3) is 0 Å². The van der Waals surface area contributed by atoms with Crippen LogP contribution in [0.1, 0.15) is 39.2 Å². The van der Waals surface area contributed by atoms with Gasteiger partial charge in [0.2, 0.25) is 0 Å². The molecular formula is C16H25ClN2. The molecule has 0 atom stereocenters. The van der Waals surface area contributed by atoms with Gasteiger partial charge in [-0.15, -0.1) is 0 Å². The predicted octanol–water partition coefficient (Wildman–Crippen LogP) is 3.69. The lowest BCUT2D eigenvalue weighted by Crippen LogP contribution is -2.49. The zero-order chi connectivity index (χ0) is 13.9. The molecule has 0 spiro atoms. The van der Waals surface area contributed by atoms with Gasteiger partial charge in [-0.2, -0.15) is 0 Å². The van der Waals surface area contributed by atoms with E-state index in [-0.39, 0.29) is 0 Å². The average molecular weight is 281 g/mol. The lowest BCUT2D eigenvalue weighted by molar-refractivity contribution is 0.0960. The molecule has 1 saturated heterocycles. The van der Waals surface area contributed by atoms with Crippen LogP contribution in [0, 0.1) is 0 Å². The summed E-state index contributed by atoms with van der Waals surface area (Å²) in [6, 6.07) is 8.74. The third-order valence-corrected chi connectivity index (χ3v) is 4.16. The van der Waals surface area contributed by atoms with Gasteiger partial charge in [0.15, 0.2) is 0 Å². The molecule has 19 heavy (non-hydrogen) atoms. The van der Waals surface area contributed by atoms with Gasteiger partial charge in [0.25, 0.3) is 0 Å². The van der Waals surface area contributed by atoms with Crippen LogP contribution in [0.3, 0.4) is 0 Å². The molecule has 1 fully saturated rings. The van der Waals surface area contributed by atoms with Crippen molar-refractivity contribution in [2.75, 3.05) is 13.1 Å². The van der Waals surface area contributed by atoms with Crippen molar-refractivity contribution in [3.05, 3.63) is 34.9 Å². The molecule has 1 aliphatic heterocycles. The van der Waals surface area contributed by atoms with E-state index < -0.39 is 0 Å². The first-order chi connectivity index (χ1) is 8.95. The van der Waals surface area contributed by atoms with Gasteiger partial charge in [-0.1, -0.05) is 23.7 Å². The summed E-state index contributed by atoms with van der Waals surface area (Å²) in [6.45, 7) is 10.2. The summed E-state index contributed by atoms with van der Waals surface area (Å²) in [5.41, 5.74) is 1.57. The highest BCUT2D eigenvalue weighted by molar-refractivity contribution is 6.30. The molecule has 0 saturated carbocycles. The van der Waals surface area contributed by atoms with Crippen LogP contribution >= 0.6 is 11.6 Å². The maximum absolute atomic E-state index is 6.00. The number of nitrogens with zero attached hydrogens (tertiary/aromatic N) is 1. The fraction of sp³-hybridized carbons (Fsp3) is 0.625. The van der Waals surface area contributed by atoms with E-state index in [1.807, 2.05) is 18.2 Å². The van der Waals surface area contributed by atoms with Crippen molar-refractivity contribution >= 4 is 11.6 Å². The molecule has 1 aromatic carbocycles. The van der Waals surface area contributed by atoms with Crippen LogP contribution < -0.4 is 5.32 Å². The molecule has 0 unspecified atom stereocenters. The number of likely N-dealkylation sites (tertiary alicyclic amines) is 1. The smallest absolute Gasteiger partial charge is 0.0409 e. The van der Waals surface area contributed by atoms with Gasteiger partial charge in [-0.25, -0.2) is 0 Å². The number of halogens is 1. The average Bonchev–Trinajstić information content (AvgIpc) is 2.36. The molecular weight excluding hydrogens is 256 g/mol. The molecule has 1 heterocycles. The largest absolute Gasteiger partial charge is 0.310 e. The summed E-state index contributed by atoms with van der Waals surface area (Å²) in [7, 11) is 0. The monoisotopic (exact) mass is 280 g/mol. The Morgan fingerprint density at radius 2 is 1.95 bits per heavy atom. The second kappa shape index (κ2) is 6.25. The van der Waals surface area contributed by atoms with Gasteiger partial charge in [-0.3, -0.25) is 4.90 Å². The van der Waals surface area contributed by atoms with E-state index >= 15 is 0 Å². The minimum absolute atomic E-state index is 0.303. The van der Waals surface area contributed by atoms with Crippen molar-refractivity contribution in [3.63, 3.8) is 0 Å². The van der Waals surface area contributed by atoms with E-state index in [2.05, 4.69) is 37.1 Å². The van der Waals surface area contributed by atoms with Crippen LogP contribution in [0.5, 0.6) is 0 Å². The molecule has 106 valence electrons. The molecule has 0 bridgehead atoms. The van der Waals surface area contributed by atoms with E-state index in [0.717, 1.165) is 11.6 Å². The first-order valence-corrected chi connectivity index (χ1v) is 7.56. The molecule has 0 aromatic heterocycles. The van der Waals surface area contributed by atoms with Crippen molar-refractivity contribution in [2.45, 2.75) is 51.7 Å². The number of hydrogen-bond acceptors (Lipinski definition) is 2. The maximum Gasteiger partial charge on any atom is 0.0409 e. The lowest BCUT2D eigenvalue weighted by Gasteiger charge is -2.41. The summed E-state index contributed by atoms with van der Waals surface area (Å²) in [6.07, 6.45) is 2.47. The first-order valence-electron chi connectivity index (χ1n) is 7.18. The first kappa shape index (κ1) is 14.8. The normalized spacial score (nSPS) is 18.7. The molecule has 2 rings (SSSR count). The number of benzene rings is 1. The van der Waals surface area contributed by atoms with Crippen LogP contribution in [0.2, 0.25) is 5.02 Å². The van der Waals surface area contributed by atoms with Crippen molar-refractivity contribution in [3.8, 4) is 0 Å². The quantitative estimate of drug-likeness (QED) is 0.908. The van der Waals surface area contributed by atoms with Crippen molar-refractivity contribution in [1.29, 1.82) is 0 Å². The third-order valence-electron chi connectivity index (χ3n) is 3.93. The second-order valence-corrected chi connectivity index (χ2v) is 6.88. The van der Waals surface area contributed by atoms with E-state index in [0.29, 0.717) is 11.6 Å². The summed E-state index contributed by atoms with van der Waals surface area (Å²) in [5, 5.41) is 4.47.